The molecule has 0 aliphatic heterocycles. The first-order valence-electron chi connectivity index (χ1n) is 4.65. The third kappa shape index (κ3) is 22.4. The Balaban J connectivity index is 0. The van der Waals surface area contributed by atoms with Crippen LogP contribution in [0.5, 0.6) is 0 Å². The Labute approximate surface area is 84.0 Å². The third-order valence-electron chi connectivity index (χ3n) is 1.48. The number of rotatable bonds is 7. The third-order valence-corrected chi connectivity index (χ3v) is 1.48. The molecule has 0 unspecified atom stereocenters. The molecule has 0 aliphatic carbocycles. The number of aliphatic carboxylic acids is 1. The fourth-order valence-electron chi connectivity index (χ4n) is 0.872. The van der Waals surface area contributed by atoms with E-state index in [1.54, 1.807) is 0 Å². The Kier molecular flexibility index (Phi) is 15.7. The molecule has 0 saturated carbocycles. The van der Waals surface area contributed by atoms with Crippen LogP contribution in [0.25, 0.3) is 0 Å². The minimum atomic E-state index is -0.777. The van der Waals surface area contributed by atoms with Gasteiger partial charge in [-0.2, -0.15) is 0 Å². The van der Waals surface area contributed by atoms with Gasteiger partial charge in [-0.3, -0.25) is 4.79 Å². The lowest BCUT2D eigenvalue weighted by atomic mass is 10.2. The van der Waals surface area contributed by atoms with Crippen molar-refractivity contribution in [3.63, 3.8) is 0 Å². The molecule has 14 heavy (non-hydrogen) atoms. The number of carbonyl (C=O) groups is 1. The highest BCUT2D eigenvalue weighted by atomic mass is 16.4. The highest BCUT2D eigenvalue weighted by molar-refractivity contribution is 5.68. The van der Waals surface area contributed by atoms with Gasteiger partial charge in [-0.1, -0.05) is 26.2 Å². The van der Waals surface area contributed by atoms with Crippen LogP contribution >= 0.6 is 0 Å². The maximum atomic E-state index is 10.0. The molecule has 0 radical (unpaired) electrons. The topological polar surface area (TPSA) is 90.2 Å². The molecular weight excluding hydrogens is 184 g/mol. The standard InChI is InChI=1S/C8H17NO2.CHNO/c1-2-3-4-5-6-9-7-8(10)11;2-1-3/h9H,2-7H2,1H3,(H,10,11);2H. The van der Waals surface area contributed by atoms with Gasteiger partial charge in [-0.05, 0) is 13.0 Å². The van der Waals surface area contributed by atoms with E-state index in [1.165, 1.54) is 19.3 Å². The average molecular weight is 202 g/mol. The monoisotopic (exact) mass is 202 g/mol. The van der Waals surface area contributed by atoms with Gasteiger partial charge in [-0.15, -0.1) is 0 Å². The van der Waals surface area contributed by atoms with Gasteiger partial charge in [0.2, 0.25) is 6.08 Å². The van der Waals surface area contributed by atoms with E-state index < -0.39 is 5.97 Å². The zero-order valence-electron chi connectivity index (χ0n) is 8.51. The molecule has 0 amide bonds. The summed E-state index contributed by atoms with van der Waals surface area (Å²) < 4.78 is 0. The summed E-state index contributed by atoms with van der Waals surface area (Å²) in [4.78, 5) is 18.4. The van der Waals surface area contributed by atoms with Gasteiger partial charge in [0.1, 0.15) is 0 Å². The molecule has 0 saturated heterocycles. The quantitative estimate of drug-likeness (QED) is 0.328. The Morgan fingerprint density at radius 1 is 1.43 bits per heavy atom. The van der Waals surface area contributed by atoms with Crippen molar-refractivity contribution in [1.29, 1.82) is 5.41 Å². The number of nitrogens with one attached hydrogen (secondary N) is 2. The first kappa shape index (κ1) is 15.3. The van der Waals surface area contributed by atoms with Gasteiger partial charge >= 0.3 is 5.97 Å². The predicted octanol–water partition coefficient (Wildman–Crippen LogP) is 1.14. The zero-order chi connectivity index (χ0) is 11.2. The lowest BCUT2D eigenvalue weighted by molar-refractivity contribution is -0.135. The minimum Gasteiger partial charge on any atom is -0.480 e. The minimum absolute atomic E-state index is 0.0894. The first-order valence-corrected chi connectivity index (χ1v) is 4.65. The Morgan fingerprint density at radius 3 is 2.43 bits per heavy atom. The van der Waals surface area contributed by atoms with Crippen molar-refractivity contribution < 1.29 is 14.7 Å². The van der Waals surface area contributed by atoms with Gasteiger partial charge in [0.25, 0.3) is 0 Å². The normalized spacial score (nSPS) is 8.36. The molecule has 5 nitrogen and oxygen atoms in total. The smallest absolute Gasteiger partial charge is 0.317 e. The first-order chi connectivity index (χ1) is 6.68. The molecule has 5 heteroatoms. The van der Waals surface area contributed by atoms with Crippen molar-refractivity contribution in [3.8, 4) is 0 Å². The number of isocyanates is 1. The summed E-state index contributed by atoms with van der Waals surface area (Å²) in [6.45, 7) is 3.07. The number of carboxylic acid groups (broad SMARTS) is 1. The van der Waals surface area contributed by atoms with Crippen LogP contribution in [0.1, 0.15) is 32.6 Å². The zero-order valence-corrected chi connectivity index (χ0v) is 8.51. The molecule has 0 rings (SSSR count). The maximum absolute atomic E-state index is 10.0. The second-order valence-electron chi connectivity index (χ2n) is 2.73. The summed E-state index contributed by atoms with van der Waals surface area (Å²) >= 11 is 0. The van der Waals surface area contributed by atoms with Gasteiger partial charge in [-0.25, -0.2) is 10.2 Å². The average Bonchev–Trinajstić information content (AvgIpc) is 2.12. The van der Waals surface area contributed by atoms with E-state index >= 15 is 0 Å². The Bertz CT molecular complexity index is 165. The van der Waals surface area contributed by atoms with E-state index in [4.69, 9.17) is 15.3 Å². The Hall–Kier alpha value is -1.19. The lowest BCUT2D eigenvalue weighted by Crippen LogP contribution is -2.23. The summed E-state index contributed by atoms with van der Waals surface area (Å²) in [6.07, 6.45) is 5.50. The SMILES string of the molecule is CCCCCCNCC(=O)O.N=C=O. The van der Waals surface area contributed by atoms with Crippen molar-refractivity contribution in [3.05, 3.63) is 0 Å². The van der Waals surface area contributed by atoms with Crippen molar-refractivity contribution in [2.45, 2.75) is 32.6 Å². The Morgan fingerprint density at radius 2 is 2.00 bits per heavy atom. The highest BCUT2D eigenvalue weighted by Crippen LogP contribution is 1.96. The molecule has 0 aromatic heterocycles. The summed E-state index contributed by atoms with van der Waals surface area (Å²) in [5.41, 5.74) is 0. The summed E-state index contributed by atoms with van der Waals surface area (Å²) in [5, 5.41) is 16.5. The summed E-state index contributed by atoms with van der Waals surface area (Å²) in [7, 11) is 0. The van der Waals surface area contributed by atoms with E-state index in [9.17, 15) is 4.79 Å². The molecule has 0 atom stereocenters. The van der Waals surface area contributed by atoms with Crippen LogP contribution in [0, 0.1) is 5.41 Å². The van der Waals surface area contributed by atoms with Gasteiger partial charge < -0.3 is 10.4 Å². The van der Waals surface area contributed by atoms with E-state index in [1.807, 2.05) is 0 Å². The molecule has 0 aromatic carbocycles. The second-order valence-corrected chi connectivity index (χ2v) is 2.73. The van der Waals surface area contributed by atoms with Crippen LogP contribution in [-0.2, 0) is 9.59 Å². The molecule has 3 N–H and O–H groups in total. The van der Waals surface area contributed by atoms with Crippen molar-refractivity contribution in [2.75, 3.05) is 13.1 Å². The number of hydrogen-bond donors (Lipinski definition) is 3. The van der Waals surface area contributed by atoms with Gasteiger partial charge in [0, 0.05) is 0 Å². The van der Waals surface area contributed by atoms with E-state index in [-0.39, 0.29) is 6.54 Å². The highest BCUT2D eigenvalue weighted by Gasteiger charge is 1.93. The molecular formula is C9H18N2O3. The fourth-order valence-corrected chi connectivity index (χ4v) is 0.872. The largest absolute Gasteiger partial charge is 0.480 e. The summed E-state index contributed by atoms with van der Waals surface area (Å²) in [5.74, 6) is -0.777. The predicted molar refractivity (Wildman–Crippen MR) is 53.1 cm³/mol. The van der Waals surface area contributed by atoms with Crippen LogP contribution < -0.4 is 5.32 Å². The van der Waals surface area contributed by atoms with Crippen LogP contribution in [-0.4, -0.2) is 30.2 Å². The molecule has 0 heterocycles. The molecule has 0 aromatic rings. The molecule has 0 fully saturated rings. The summed E-state index contributed by atoms with van der Waals surface area (Å²) in [6, 6.07) is 0. The molecule has 0 spiro atoms. The van der Waals surface area contributed by atoms with Crippen LogP contribution in [0.4, 0.5) is 0 Å². The lowest BCUT2D eigenvalue weighted by Gasteiger charge is -1.99. The van der Waals surface area contributed by atoms with Crippen molar-refractivity contribution in [1.82, 2.24) is 5.32 Å². The van der Waals surface area contributed by atoms with E-state index in [2.05, 4.69) is 12.2 Å². The number of carbonyl (C=O) groups excluding carboxylic acids is 1. The number of unbranched alkanes of at least 4 members (excludes halogenated alkanes) is 3. The van der Waals surface area contributed by atoms with Crippen LogP contribution in [0.3, 0.4) is 0 Å². The van der Waals surface area contributed by atoms with Gasteiger partial charge in [0.15, 0.2) is 0 Å². The number of hydrogen-bond acceptors (Lipinski definition) is 4. The molecule has 82 valence electrons. The van der Waals surface area contributed by atoms with Gasteiger partial charge in [0.05, 0.1) is 6.54 Å². The van der Waals surface area contributed by atoms with E-state index in [0.29, 0.717) is 0 Å². The fraction of sp³-hybridized carbons (Fsp3) is 0.778. The molecule has 0 bridgehead atoms. The van der Waals surface area contributed by atoms with Crippen molar-refractivity contribution in [2.24, 2.45) is 0 Å². The van der Waals surface area contributed by atoms with Crippen LogP contribution in [0.15, 0.2) is 0 Å². The van der Waals surface area contributed by atoms with Crippen molar-refractivity contribution >= 4 is 12.0 Å². The maximum Gasteiger partial charge on any atom is 0.317 e. The number of carboxylic acids is 1. The second kappa shape index (κ2) is 14.3. The van der Waals surface area contributed by atoms with E-state index in [0.717, 1.165) is 19.0 Å². The van der Waals surface area contributed by atoms with Crippen LogP contribution in [0.2, 0.25) is 0 Å². The molecule has 0 aliphatic rings.